The third-order valence-corrected chi connectivity index (χ3v) is 1.70. The zero-order valence-corrected chi connectivity index (χ0v) is 6.72. The minimum atomic E-state index is 0.265. The van der Waals surface area contributed by atoms with Crippen LogP contribution >= 0.6 is 15.9 Å². The first-order valence-electron chi connectivity index (χ1n) is 2.58. The van der Waals surface area contributed by atoms with Crippen LogP contribution in [-0.2, 0) is 0 Å². The molecule has 0 aliphatic rings. The summed E-state index contributed by atoms with van der Waals surface area (Å²) in [5, 5.41) is 0. The van der Waals surface area contributed by atoms with Crippen molar-refractivity contribution in [2.45, 2.75) is 0 Å². The van der Waals surface area contributed by atoms with E-state index in [2.05, 4.69) is 20.9 Å². The van der Waals surface area contributed by atoms with E-state index in [4.69, 9.17) is 19.3 Å². The number of anilines is 2. The second-order valence-corrected chi connectivity index (χ2v) is 2.68. The molecule has 0 aliphatic heterocycles. The maximum absolute atomic E-state index is 5.42. The molecule has 0 bridgehead atoms. The fourth-order valence-electron chi connectivity index (χ4n) is 0.532. The molecule has 4 N–H and O–H groups in total. The Morgan fingerprint density at radius 3 is 2.60 bits per heavy atom. The first-order chi connectivity index (χ1) is 4.61. The third kappa shape index (κ3) is 1.24. The van der Waals surface area contributed by atoms with Crippen LogP contribution in [0.1, 0.15) is 0 Å². The van der Waals surface area contributed by atoms with Crippen LogP contribution < -0.4 is 17.1 Å². The highest BCUT2D eigenvalue weighted by Gasteiger charge is 1.99. The van der Waals surface area contributed by atoms with Crippen LogP contribution in [0.25, 0.3) is 0 Å². The lowest BCUT2D eigenvalue weighted by Crippen LogP contribution is -2.13. The lowest BCUT2D eigenvalue weighted by atomic mass is 10.0. The van der Waals surface area contributed by atoms with Crippen LogP contribution in [0.3, 0.4) is 0 Å². The predicted molar refractivity (Wildman–Crippen MR) is 46.1 cm³/mol. The molecule has 0 amide bonds. The van der Waals surface area contributed by atoms with Crippen molar-refractivity contribution in [3.05, 3.63) is 10.5 Å². The number of rotatable bonds is 0. The van der Waals surface area contributed by atoms with Gasteiger partial charge in [-0.3, -0.25) is 0 Å². The van der Waals surface area contributed by atoms with Gasteiger partial charge in [-0.1, -0.05) is 0 Å². The van der Waals surface area contributed by atoms with E-state index in [0.29, 0.717) is 15.8 Å². The molecule has 1 aromatic rings. The average Bonchev–Trinajstić information content (AvgIpc) is 1.84. The number of aromatic nitrogens is 1. The molecule has 0 aromatic carbocycles. The van der Waals surface area contributed by atoms with Crippen molar-refractivity contribution in [3.8, 4) is 0 Å². The van der Waals surface area contributed by atoms with E-state index in [1.54, 1.807) is 6.07 Å². The summed E-state index contributed by atoms with van der Waals surface area (Å²) in [6.45, 7) is 0. The molecule has 1 rings (SSSR count). The fraction of sp³-hybridized carbons (Fsp3) is 0. The molecule has 0 unspecified atom stereocenters. The number of nitrogens with zero attached hydrogens (tertiary/aromatic N) is 1. The Morgan fingerprint density at radius 2 is 2.10 bits per heavy atom. The highest BCUT2D eigenvalue weighted by molar-refractivity contribution is 9.10. The maximum atomic E-state index is 5.42. The largest absolute Gasteiger partial charge is 0.396 e. The molecule has 0 saturated heterocycles. The number of hydrogen-bond acceptors (Lipinski definition) is 3. The van der Waals surface area contributed by atoms with Crippen LogP contribution in [0.4, 0.5) is 11.5 Å². The SMILES string of the molecule is [B]c1nc(N)c(N)cc1Br. The monoisotopic (exact) mass is 197 g/mol. The molecule has 3 nitrogen and oxygen atoms in total. The molecule has 10 heavy (non-hydrogen) atoms. The minimum absolute atomic E-state index is 0.265. The molecule has 0 spiro atoms. The molecule has 0 atom stereocenters. The summed E-state index contributed by atoms with van der Waals surface area (Å²) >= 11 is 3.16. The van der Waals surface area contributed by atoms with E-state index >= 15 is 0 Å². The second kappa shape index (κ2) is 2.50. The molecule has 0 saturated carbocycles. The Morgan fingerprint density at radius 1 is 1.50 bits per heavy atom. The summed E-state index contributed by atoms with van der Waals surface area (Å²) in [6.07, 6.45) is 0. The summed E-state index contributed by atoms with van der Waals surface area (Å²) in [5.41, 5.74) is 11.6. The van der Waals surface area contributed by atoms with Crippen molar-refractivity contribution in [1.29, 1.82) is 0 Å². The highest BCUT2D eigenvalue weighted by atomic mass is 79.9. The Kier molecular flexibility index (Phi) is 1.85. The second-order valence-electron chi connectivity index (χ2n) is 1.83. The summed E-state index contributed by atoms with van der Waals surface area (Å²) in [6, 6.07) is 1.62. The standard InChI is InChI=1S/C5H5BBrN3/c6-4-2(7)1-3(8)5(9)10-4/h1H,8H2,(H2,9,10). The summed E-state index contributed by atoms with van der Waals surface area (Å²) in [5.74, 6) is 0.265. The van der Waals surface area contributed by atoms with Crippen molar-refractivity contribution < 1.29 is 0 Å². The van der Waals surface area contributed by atoms with E-state index in [0.717, 1.165) is 0 Å². The number of nitrogens with two attached hydrogens (primary N) is 2. The zero-order valence-electron chi connectivity index (χ0n) is 5.13. The van der Waals surface area contributed by atoms with Gasteiger partial charge in [0.25, 0.3) is 0 Å². The maximum Gasteiger partial charge on any atom is 0.145 e. The van der Waals surface area contributed by atoms with Gasteiger partial charge < -0.3 is 11.5 Å². The number of pyridine rings is 1. The zero-order chi connectivity index (χ0) is 7.72. The van der Waals surface area contributed by atoms with Gasteiger partial charge in [-0.05, 0) is 22.0 Å². The molecule has 1 aromatic heterocycles. The van der Waals surface area contributed by atoms with Crippen LogP contribution in [0, 0.1) is 0 Å². The summed E-state index contributed by atoms with van der Waals surface area (Å²) < 4.78 is 0.666. The van der Waals surface area contributed by atoms with Crippen LogP contribution in [0.2, 0.25) is 0 Å². The van der Waals surface area contributed by atoms with E-state index in [1.807, 2.05) is 0 Å². The van der Waals surface area contributed by atoms with Gasteiger partial charge in [0.05, 0.1) is 5.69 Å². The van der Waals surface area contributed by atoms with Crippen molar-refractivity contribution in [1.82, 2.24) is 4.98 Å². The van der Waals surface area contributed by atoms with Crippen LogP contribution in [0.15, 0.2) is 10.5 Å². The Hall–Kier alpha value is -0.705. The topological polar surface area (TPSA) is 64.9 Å². The minimum Gasteiger partial charge on any atom is -0.396 e. The molecule has 0 aliphatic carbocycles. The van der Waals surface area contributed by atoms with Crippen LogP contribution in [0.5, 0.6) is 0 Å². The number of nitrogen functional groups attached to an aromatic ring is 2. The van der Waals surface area contributed by atoms with Crippen molar-refractivity contribution in [2.24, 2.45) is 0 Å². The lowest BCUT2D eigenvalue weighted by Gasteiger charge is -2.01. The molecule has 50 valence electrons. The normalized spacial score (nSPS) is 9.70. The third-order valence-electron chi connectivity index (χ3n) is 1.06. The fourth-order valence-corrected chi connectivity index (χ4v) is 0.867. The first kappa shape index (κ1) is 7.40. The average molecular weight is 198 g/mol. The first-order valence-corrected chi connectivity index (χ1v) is 3.37. The van der Waals surface area contributed by atoms with Crippen molar-refractivity contribution in [2.75, 3.05) is 11.5 Å². The molecule has 5 heteroatoms. The Balaban J connectivity index is 3.28. The predicted octanol–water partition coefficient (Wildman–Crippen LogP) is -0.198. The quantitative estimate of drug-likeness (QED) is 0.567. The summed E-state index contributed by atoms with van der Waals surface area (Å²) in [4.78, 5) is 3.76. The van der Waals surface area contributed by atoms with Gasteiger partial charge in [-0.25, -0.2) is 4.98 Å². The van der Waals surface area contributed by atoms with Crippen molar-refractivity contribution in [3.63, 3.8) is 0 Å². The highest BCUT2D eigenvalue weighted by Crippen LogP contribution is 2.14. The summed E-state index contributed by atoms with van der Waals surface area (Å²) in [7, 11) is 5.40. The van der Waals surface area contributed by atoms with Gasteiger partial charge >= 0.3 is 0 Å². The lowest BCUT2D eigenvalue weighted by molar-refractivity contribution is 1.38. The molecular formula is C5H5BBrN3. The molecular weight excluding hydrogens is 193 g/mol. The van der Waals surface area contributed by atoms with Gasteiger partial charge in [0, 0.05) is 10.1 Å². The van der Waals surface area contributed by atoms with Gasteiger partial charge in [0.1, 0.15) is 13.7 Å². The van der Waals surface area contributed by atoms with Crippen molar-refractivity contribution >= 4 is 40.9 Å². The molecule has 2 radical (unpaired) electrons. The van der Waals surface area contributed by atoms with E-state index < -0.39 is 0 Å². The Labute approximate surface area is 68.4 Å². The number of hydrogen-bond donors (Lipinski definition) is 2. The van der Waals surface area contributed by atoms with E-state index in [-0.39, 0.29) is 5.82 Å². The van der Waals surface area contributed by atoms with Gasteiger partial charge in [0.2, 0.25) is 0 Å². The Bertz CT molecular complexity index is 213. The number of halogens is 1. The van der Waals surface area contributed by atoms with E-state index in [1.165, 1.54) is 0 Å². The van der Waals surface area contributed by atoms with Gasteiger partial charge in [0.15, 0.2) is 0 Å². The molecule has 0 fully saturated rings. The van der Waals surface area contributed by atoms with E-state index in [9.17, 15) is 0 Å². The van der Waals surface area contributed by atoms with Gasteiger partial charge in [-0.15, -0.1) is 0 Å². The van der Waals surface area contributed by atoms with Crippen LogP contribution in [-0.4, -0.2) is 12.8 Å². The van der Waals surface area contributed by atoms with Gasteiger partial charge in [-0.2, -0.15) is 0 Å². The smallest absolute Gasteiger partial charge is 0.145 e. The molecule has 1 heterocycles.